The molecule has 0 amide bonds. The van der Waals surface area contributed by atoms with Gasteiger partial charge in [0.25, 0.3) is 0 Å². The van der Waals surface area contributed by atoms with E-state index in [0.717, 1.165) is 30.0 Å². The number of ether oxygens (including phenoxy) is 1. The predicted molar refractivity (Wildman–Crippen MR) is 144 cm³/mol. The first-order chi connectivity index (χ1) is 17.8. The van der Waals surface area contributed by atoms with Crippen molar-refractivity contribution >= 4 is 15.8 Å². The maximum absolute atomic E-state index is 13.0. The molecule has 0 bridgehead atoms. The molecule has 3 aromatic carbocycles. The van der Waals surface area contributed by atoms with Gasteiger partial charge in [0.05, 0.1) is 12.0 Å². The Morgan fingerprint density at radius 3 is 2.08 bits per heavy atom. The Balaban J connectivity index is 1.36. The smallest absolute Gasteiger partial charge is 0.321 e. The maximum Gasteiger partial charge on any atom is 0.321 e. The molecule has 4 rings (SSSR count). The van der Waals surface area contributed by atoms with E-state index in [4.69, 9.17) is 4.74 Å². The van der Waals surface area contributed by atoms with E-state index >= 15 is 0 Å². The van der Waals surface area contributed by atoms with E-state index in [1.807, 2.05) is 42.5 Å². The molecule has 0 radical (unpaired) electrons. The van der Waals surface area contributed by atoms with Gasteiger partial charge in [-0.25, -0.2) is 8.42 Å². The van der Waals surface area contributed by atoms with E-state index < -0.39 is 27.7 Å². The topological polar surface area (TPSA) is 95.9 Å². The molecule has 37 heavy (non-hydrogen) atoms. The van der Waals surface area contributed by atoms with Crippen LogP contribution < -0.4 is 10.1 Å². The van der Waals surface area contributed by atoms with E-state index in [9.17, 15) is 18.3 Å². The normalized spacial score (nSPS) is 16.7. The van der Waals surface area contributed by atoms with Gasteiger partial charge in [-0.1, -0.05) is 54.6 Å². The minimum atomic E-state index is -3.70. The third kappa shape index (κ3) is 6.57. The van der Waals surface area contributed by atoms with Crippen LogP contribution in [-0.2, 0) is 14.6 Å². The fourth-order valence-electron chi connectivity index (χ4n) is 4.96. The third-order valence-electron chi connectivity index (χ3n) is 7.27. The monoisotopic (exact) mass is 522 g/mol. The Morgan fingerprint density at radius 1 is 0.973 bits per heavy atom. The highest BCUT2D eigenvalue weighted by Crippen LogP contribution is 2.29. The number of benzene rings is 3. The van der Waals surface area contributed by atoms with E-state index in [1.54, 1.807) is 31.4 Å². The number of hydrogen-bond acceptors (Lipinski definition) is 6. The summed E-state index contributed by atoms with van der Waals surface area (Å²) in [5.41, 5.74) is 3.06. The second-order valence-electron chi connectivity index (χ2n) is 9.49. The SMILES string of the molecule is COc1ccc(-c2ccc(S(=O)(=O)CNC(C(=O)O)C3CCN(C(C)c4ccccc4)CC3)cc2)cc1. The van der Waals surface area contributed by atoms with Gasteiger partial charge in [0.1, 0.15) is 17.7 Å². The zero-order chi connectivity index (χ0) is 26.4. The van der Waals surface area contributed by atoms with Crippen molar-refractivity contribution in [1.29, 1.82) is 0 Å². The average Bonchev–Trinajstić information content (AvgIpc) is 2.93. The van der Waals surface area contributed by atoms with Gasteiger partial charge in [-0.3, -0.25) is 15.0 Å². The zero-order valence-electron chi connectivity index (χ0n) is 21.2. The summed E-state index contributed by atoms with van der Waals surface area (Å²) in [5.74, 6) is -0.825. The van der Waals surface area contributed by atoms with Gasteiger partial charge >= 0.3 is 5.97 Å². The Morgan fingerprint density at radius 2 is 1.54 bits per heavy atom. The minimum absolute atomic E-state index is 0.135. The summed E-state index contributed by atoms with van der Waals surface area (Å²) in [5, 5.41) is 12.7. The molecule has 2 unspecified atom stereocenters. The molecular weight excluding hydrogens is 488 g/mol. The summed E-state index contributed by atoms with van der Waals surface area (Å²) in [7, 11) is -2.10. The highest BCUT2D eigenvalue weighted by Gasteiger charge is 2.33. The molecule has 2 N–H and O–H groups in total. The number of piperidine rings is 1. The van der Waals surface area contributed by atoms with Gasteiger partial charge in [-0.05, 0) is 79.7 Å². The van der Waals surface area contributed by atoms with Crippen LogP contribution in [0.25, 0.3) is 11.1 Å². The third-order valence-corrected chi connectivity index (χ3v) is 8.81. The van der Waals surface area contributed by atoms with Gasteiger partial charge < -0.3 is 9.84 Å². The van der Waals surface area contributed by atoms with Crippen molar-refractivity contribution in [3.05, 3.63) is 84.4 Å². The second-order valence-corrected chi connectivity index (χ2v) is 11.5. The van der Waals surface area contributed by atoms with Crippen molar-refractivity contribution in [3.8, 4) is 16.9 Å². The molecule has 8 heteroatoms. The number of hydrogen-bond donors (Lipinski definition) is 2. The number of rotatable bonds is 10. The van der Waals surface area contributed by atoms with Crippen molar-refractivity contribution in [2.75, 3.05) is 26.1 Å². The largest absolute Gasteiger partial charge is 0.497 e. The van der Waals surface area contributed by atoms with Crippen LogP contribution in [0.2, 0.25) is 0 Å². The van der Waals surface area contributed by atoms with E-state index in [2.05, 4.69) is 29.3 Å². The number of carbonyl (C=O) groups is 1. The lowest BCUT2D eigenvalue weighted by Gasteiger charge is -2.38. The molecule has 0 aromatic heterocycles. The molecule has 196 valence electrons. The Bertz CT molecular complexity index is 1270. The fourth-order valence-corrected chi connectivity index (χ4v) is 6.08. The van der Waals surface area contributed by atoms with Crippen LogP contribution in [0, 0.1) is 5.92 Å². The van der Waals surface area contributed by atoms with Gasteiger partial charge in [0.2, 0.25) is 0 Å². The van der Waals surface area contributed by atoms with Crippen LogP contribution in [0.1, 0.15) is 31.4 Å². The number of nitrogens with one attached hydrogen (secondary N) is 1. The van der Waals surface area contributed by atoms with E-state index in [1.165, 1.54) is 5.56 Å². The lowest BCUT2D eigenvalue weighted by molar-refractivity contribution is -0.141. The van der Waals surface area contributed by atoms with Gasteiger partial charge in [-0.2, -0.15) is 0 Å². The standard InChI is InChI=1S/C29H34N2O5S/c1-21(22-6-4-3-5-7-22)31-18-16-25(17-19-31)28(29(32)33)30-20-37(34,35)27-14-10-24(11-15-27)23-8-12-26(36-2)13-9-23/h3-15,21,25,28,30H,16-20H2,1-2H3,(H,32,33). The summed E-state index contributed by atoms with van der Waals surface area (Å²) >= 11 is 0. The van der Waals surface area contributed by atoms with Crippen molar-refractivity contribution in [3.63, 3.8) is 0 Å². The molecule has 0 spiro atoms. The Labute approximate surface area is 219 Å². The van der Waals surface area contributed by atoms with E-state index in [0.29, 0.717) is 12.8 Å². The fraction of sp³-hybridized carbons (Fsp3) is 0.345. The lowest BCUT2D eigenvalue weighted by atomic mass is 9.88. The summed E-state index contributed by atoms with van der Waals surface area (Å²) in [6, 6.07) is 23.8. The number of methoxy groups -OCH3 is 1. The molecule has 1 aliphatic heterocycles. The maximum atomic E-state index is 13.0. The van der Waals surface area contributed by atoms with Gasteiger partial charge in [-0.15, -0.1) is 0 Å². The van der Waals surface area contributed by atoms with Crippen LogP contribution in [0.3, 0.4) is 0 Å². The molecule has 3 aromatic rings. The molecule has 1 heterocycles. The molecule has 7 nitrogen and oxygen atoms in total. The molecule has 0 saturated carbocycles. The summed E-state index contributed by atoms with van der Waals surface area (Å²) in [6.45, 7) is 3.70. The van der Waals surface area contributed by atoms with E-state index in [-0.39, 0.29) is 16.9 Å². The number of carboxylic acids is 1. The van der Waals surface area contributed by atoms with Crippen molar-refractivity contribution < 1.29 is 23.1 Å². The number of aliphatic carboxylic acids is 1. The van der Waals surface area contributed by atoms with Crippen LogP contribution in [0.5, 0.6) is 5.75 Å². The van der Waals surface area contributed by atoms with Crippen LogP contribution in [0.15, 0.2) is 83.8 Å². The summed E-state index contributed by atoms with van der Waals surface area (Å²) in [4.78, 5) is 14.6. The quantitative estimate of drug-likeness (QED) is 0.401. The zero-order valence-corrected chi connectivity index (χ0v) is 22.0. The number of nitrogens with zero attached hydrogens (tertiary/aromatic N) is 1. The van der Waals surface area contributed by atoms with Crippen LogP contribution >= 0.6 is 0 Å². The number of sulfone groups is 1. The number of likely N-dealkylation sites (tertiary alicyclic amines) is 1. The first-order valence-electron chi connectivity index (χ1n) is 12.5. The van der Waals surface area contributed by atoms with Crippen LogP contribution in [0.4, 0.5) is 0 Å². The molecule has 2 atom stereocenters. The first-order valence-corrected chi connectivity index (χ1v) is 14.2. The average molecular weight is 523 g/mol. The molecule has 1 aliphatic rings. The highest BCUT2D eigenvalue weighted by atomic mass is 32.2. The summed E-state index contributed by atoms with van der Waals surface area (Å²) < 4.78 is 31.2. The summed E-state index contributed by atoms with van der Waals surface area (Å²) in [6.07, 6.45) is 1.38. The lowest BCUT2D eigenvalue weighted by Crippen LogP contribution is -2.49. The van der Waals surface area contributed by atoms with Crippen molar-refractivity contribution in [1.82, 2.24) is 10.2 Å². The minimum Gasteiger partial charge on any atom is -0.497 e. The van der Waals surface area contributed by atoms with Crippen molar-refractivity contribution in [2.45, 2.75) is 36.7 Å². The Hall–Kier alpha value is -3.20. The van der Waals surface area contributed by atoms with Gasteiger partial charge in [0, 0.05) is 6.04 Å². The molecule has 0 aliphatic carbocycles. The highest BCUT2D eigenvalue weighted by molar-refractivity contribution is 7.91. The molecule has 1 fully saturated rings. The van der Waals surface area contributed by atoms with Crippen LogP contribution in [-0.4, -0.2) is 56.5 Å². The second kappa shape index (κ2) is 11.9. The van der Waals surface area contributed by atoms with Gasteiger partial charge in [0.15, 0.2) is 9.84 Å². The predicted octanol–water partition coefficient (Wildman–Crippen LogP) is 4.61. The molecule has 1 saturated heterocycles. The Kier molecular flexibility index (Phi) is 8.63. The first kappa shape index (κ1) is 26.9. The van der Waals surface area contributed by atoms with Crippen molar-refractivity contribution in [2.24, 2.45) is 5.92 Å². The number of carboxylic acid groups (broad SMARTS) is 1. The molecular formula is C29H34N2O5S.